The zero-order valence-electron chi connectivity index (χ0n) is 10.6. The largest absolute Gasteiger partial charge is 0.482 e. The Bertz CT molecular complexity index is 449. The minimum atomic E-state index is 0.0272. The Morgan fingerprint density at radius 2 is 2.22 bits per heavy atom. The molecule has 0 fully saturated rings. The lowest BCUT2D eigenvalue weighted by Gasteiger charge is -2.29. The number of fused-ring (bicyclic) bond motifs is 1. The maximum atomic E-state index is 11.9. The second-order valence-corrected chi connectivity index (χ2v) is 5.52. The van der Waals surface area contributed by atoms with Gasteiger partial charge in [0, 0.05) is 11.0 Å². The second-order valence-electron chi connectivity index (χ2n) is 4.60. The monoisotopic (exact) mass is 312 g/mol. The molecular weight excluding hydrogens is 296 g/mol. The summed E-state index contributed by atoms with van der Waals surface area (Å²) in [5, 5.41) is 0. The van der Waals surface area contributed by atoms with Crippen LogP contribution in [0.3, 0.4) is 0 Å². The minimum absolute atomic E-state index is 0.0272. The van der Waals surface area contributed by atoms with Crippen LogP contribution in [0.2, 0.25) is 0 Å². The number of benzene rings is 1. The number of amides is 1. The second kappa shape index (κ2) is 5.71. The van der Waals surface area contributed by atoms with Gasteiger partial charge in [0.25, 0.3) is 5.91 Å². The van der Waals surface area contributed by atoms with Gasteiger partial charge in [-0.1, -0.05) is 15.9 Å². The average molecular weight is 313 g/mol. The summed E-state index contributed by atoms with van der Waals surface area (Å²) in [6.45, 7) is 1.83. The summed E-state index contributed by atoms with van der Waals surface area (Å²) in [7, 11) is 4.07. The molecule has 0 spiro atoms. The lowest BCUT2D eigenvalue weighted by molar-refractivity contribution is -0.121. The molecular formula is C13H17BrN2O2. The Balaban J connectivity index is 2.14. The van der Waals surface area contributed by atoms with Gasteiger partial charge in [-0.25, -0.2) is 0 Å². The standard InChI is InChI=1S/C13H17BrN2O2/c1-15(2)6-3-7-16-11-8-10(14)4-5-12(11)18-9-13(16)17/h4-5,8H,3,6-7,9H2,1-2H3. The average Bonchev–Trinajstić information content (AvgIpc) is 2.31. The molecule has 1 aromatic rings. The van der Waals surface area contributed by atoms with E-state index >= 15 is 0 Å². The lowest BCUT2D eigenvalue weighted by atomic mass is 10.2. The SMILES string of the molecule is CN(C)CCCN1C(=O)COc2ccc(Br)cc21. The van der Waals surface area contributed by atoms with E-state index in [0.717, 1.165) is 35.4 Å². The third-order valence-corrected chi connectivity index (χ3v) is 3.34. The number of anilines is 1. The number of carbonyl (C=O) groups is 1. The molecule has 0 bridgehead atoms. The third kappa shape index (κ3) is 3.03. The number of halogens is 1. The van der Waals surface area contributed by atoms with Crippen LogP contribution in [-0.4, -0.2) is 44.6 Å². The van der Waals surface area contributed by atoms with Crippen molar-refractivity contribution in [3.05, 3.63) is 22.7 Å². The fourth-order valence-corrected chi connectivity index (χ4v) is 2.31. The van der Waals surface area contributed by atoms with E-state index in [4.69, 9.17) is 4.74 Å². The quantitative estimate of drug-likeness (QED) is 0.854. The van der Waals surface area contributed by atoms with Gasteiger partial charge in [-0.3, -0.25) is 4.79 Å². The molecule has 1 aromatic carbocycles. The van der Waals surface area contributed by atoms with E-state index in [9.17, 15) is 4.79 Å². The van der Waals surface area contributed by atoms with Gasteiger partial charge in [-0.2, -0.15) is 0 Å². The molecule has 0 unspecified atom stereocenters. The summed E-state index contributed by atoms with van der Waals surface area (Å²) in [5.41, 5.74) is 0.861. The van der Waals surface area contributed by atoms with Gasteiger partial charge in [0.05, 0.1) is 5.69 Å². The predicted molar refractivity (Wildman–Crippen MR) is 75.2 cm³/mol. The first-order chi connectivity index (χ1) is 8.58. The van der Waals surface area contributed by atoms with E-state index in [1.807, 2.05) is 37.2 Å². The summed E-state index contributed by atoms with van der Waals surface area (Å²) in [6.07, 6.45) is 0.949. The minimum Gasteiger partial charge on any atom is -0.482 e. The number of ether oxygens (including phenoxy) is 1. The maximum Gasteiger partial charge on any atom is 0.265 e. The van der Waals surface area contributed by atoms with Crippen LogP contribution in [0.1, 0.15) is 6.42 Å². The van der Waals surface area contributed by atoms with E-state index in [1.54, 1.807) is 0 Å². The van der Waals surface area contributed by atoms with Crippen molar-refractivity contribution in [3.63, 3.8) is 0 Å². The summed E-state index contributed by atoms with van der Waals surface area (Å²) in [5.74, 6) is 0.807. The molecule has 1 amide bonds. The Labute approximate surface area is 116 Å². The summed E-state index contributed by atoms with van der Waals surface area (Å²) >= 11 is 3.43. The van der Waals surface area contributed by atoms with Gasteiger partial charge < -0.3 is 14.5 Å². The Morgan fingerprint density at radius 1 is 1.44 bits per heavy atom. The molecule has 0 N–H and O–H groups in total. The molecule has 5 heteroatoms. The first-order valence-electron chi connectivity index (χ1n) is 5.95. The van der Waals surface area contributed by atoms with Crippen molar-refractivity contribution in [1.29, 1.82) is 0 Å². The molecule has 4 nitrogen and oxygen atoms in total. The van der Waals surface area contributed by atoms with Crippen LogP contribution < -0.4 is 9.64 Å². The van der Waals surface area contributed by atoms with E-state index in [-0.39, 0.29) is 12.5 Å². The van der Waals surface area contributed by atoms with E-state index in [2.05, 4.69) is 20.8 Å². The Kier molecular flexibility index (Phi) is 4.24. The van der Waals surface area contributed by atoms with Crippen LogP contribution >= 0.6 is 15.9 Å². The van der Waals surface area contributed by atoms with Crippen molar-refractivity contribution in [2.75, 3.05) is 38.7 Å². The zero-order valence-corrected chi connectivity index (χ0v) is 12.2. The molecule has 0 aromatic heterocycles. The first kappa shape index (κ1) is 13.4. The van der Waals surface area contributed by atoms with E-state index < -0.39 is 0 Å². The first-order valence-corrected chi connectivity index (χ1v) is 6.74. The van der Waals surface area contributed by atoms with Crippen molar-refractivity contribution < 1.29 is 9.53 Å². The van der Waals surface area contributed by atoms with Crippen molar-refractivity contribution in [2.24, 2.45) is 0 Å². The van der Waals surface area contributed by atoms with Gasteiger partial charge in [-0.05, 0) is 45.3 Å². The summed E-state index contributed by atoms with van der Waals surface area (Å²) in [4.78, 5) is 15.8. The highest BCUT2D eigenvalue weighted by molar-refractivity contribution is 9.10. The molecule has 2 rings (SSSR count). The van der Waals surface area contributed by atoms with Crippen molar-refractivity contribution >= 4 is 27.5 Å². The van der Waals surface area contributed by atoms with Crippen LogP contribution in [0, 0.1) is 0 Å². The fourth-order valence-electron chi connectivity index (χ4n) is 1.97. The molecule has 0 atom stereocenters. The maximum absolute atomic E-state index is 11.9. The number of hydrogen-bond donors (Lipinski definition) is 0. The molecule has 98 valence electrons. The molecule has 0 radical (unpaired) electrons. The normalized spacial score (nSPS) is 14.7. The Hall–Kier alpha value is -1.07. The van der Waals surface area contributed by atoms with Crippen LogP contribution in [0.4, 0.5) is 5.69 Å². The highest BCUT2D eigenvalue weighted by Gasteiger charge is 2.25. The number of hydrogen-bond acceptors (Lipinski definition) is 3. The lowest BCUT2D eigenvalue weighted by Crippen LogP contribution is -2.40. The van der Waals surface area contributed by atoms with Crippen molar-refractivity contribution in [1.82, 2.24) is 4.90 Å². The van der Waals surface area contributed by atoms with Crippen LogP contribution in [-0.2, 0) is 4.79 Å². The van der Waals surface area contributed by atoms with Gasteiger partial charge in [0.2, 0.25) is 0 Å². The molecule has 0 saturated carbocycles. The molecule has 0 aliphatic carbocycles. The van der Waals surface area contributed by atoms with Gasteiger partial charge in [0.15, 0.2) is 6.61 Å². The van der Waals surface area contributed by atoms with Gasteiger partial charge in [-0.15, -0.1) is 0 Å². The van der Waals surface area contributed by atoms with Crippen molar-refractivity contribution in [3.8, 4) is 5.75 Å². The number of nitrogens with zero attached hydrogens (tertiary/aromatic N) is 2. The molecule has 1 aliphatic rings. The molecule has 1 heterocycles. The summed E-state index contributed by atoms with van der Waals surface area (Å²) in [6, 6.07) is 5.75. The number of carbonyl (C=O) groups excluding carboxylic acids is 1. The van der Waals surface area contributed by atoms with E-state index in [1.165, 1.54) is 0 Å². The van der Waals surface area contributed by atoms with Crippen LogP contribution in [0.15, 0.2) is 22.7 Å². The van der Waals surface area contributed by atoms with Crippen LogP contribution in [0.25, 0.3) is 0 Å². The molecule has 0 saturated heterocycles. The fraction of sp³-hybridized carbons (Fsp3) is 0.462. The zero-order chi connectivity index (χ0) is 13.1. The highest BCUT2D eigenvalue weighted by atomic mass is 79.9. The number of rotatable bonds is 4. The van der Waals surface area contributed by atoms with Crippen LogP contribution in [0.5, 0.6) is 5.75 Å². The van der Waals surface area contributed by atoms with E-state index in [0.29, 0.717) is 0 Å². The highest BCUT2D eigenvalue weighted by Crippen LogP contribution is 2.34. The summed E-state index contributed by atoms with van der Waals surface area (Å²) < 4.78 is 6.38. The topological polar surface area (TPSA) is 32.8 Å². The smallest absolute Gasteiger partial charge is 0.265 e. The molecule has 1 aliphatic heterocycles. The van der Waals surface area contributed by atoms with Gasteiger partial charge in [0.1, 0.15) is 5.75 Å². The third-order valence-electron chi connectivity index (χ3n) is 2.85. The van der Waals surface area contributed by atoms with Crippen molar-refractivity contribution in [2.45, 2.75) is 6.42 Å². The predicted octanol–water partition coefficient (Wildman–Crippen LogP) is 2.13. The van der Waals surface area contributed by atoms with Gasteiger partial charge >= 0.3 is 0 Å². The Morgan fingerprint density at radius 3 is 2.94 bits per heavy atom. The molecule has 18 heavy (non-hydrogen) atoms.